The number of aromatic hydroxyl groups is 2. The predicted octanol–water partition coefficient (Wildman–Crippen LogP) is 3.41. The predicted molar refractivity (Wildman–Crippen MR) is 94.8 cm³/mol. The molecule has 1 amide bonds. The van der Waals surface area contributed by atoms with Crippen LogP contribution in [0.25, 0.3) is 0 Å². The van der Waals surface area contributed by atoms with Crippen LogP contribution in [0, 0.1) is 6.92 Å². The van der Waals surface area contributed by atoms with E-state index in [-0.39, 0.29) is 36.0 Å². The molecular formula is C20H21NO4. The van der Waals surface area contributed by atoms with Gasteiger partial charge in [0.15, 0.2) is 11.5 Å². The highest BCUT2D eigenvalue weighted by molar-refractivity contribution is 6.01. The van der Waals surface area contributed by atoms with E-state index in [1.165, 1.54) is 0 Å². The van der Waals surface area contributed by atoms with Crippen LogP contribution in [0.15, 0.2) is 36.4 Å². The van der Waals surface area contributed by atoms with E-state index in [0.717, 1.165) is 5.56 Å². The molecule has 0 saturated carbocycles. The van der Waals surface area contributed by atoms with Crippen molar-refractivity contribution in [2.45, 2.75) is 39.2 Å². The second-order valence-electron chi connectivity index (χ2n) is 6.48. The third-order valence-corrected chi connectivity index (χ3v) is 4.76. The van der Waals surface area contributed by atoms with Crippen LogP contribution in [0.1, 0.15) is 42.4 Å². The number of amides is 1. The van der Waals surface area contributed by atoms with Crippen LogP contribution in [-0.4, -0.2) is 21.9 Å². The highest BCUT2D eigenvalue weighted by atomic mass is 16.3. The molecular weight excluding hydrogens is 318 g/mol. The fourth-order valence-corrected chi connectivity index (χ4v) is 3.25. The number of hydrogen-bond donors (Lipinski definition) is 2. The minimum atomic E-state index is -0.590. The Bertz CT molecular complexity index is 829. The van der Waals surface area contributed by atoms with Crippen molar-refractivity contribution in [1.82, 2.24) is 0 Å². The fourth-order valence-electron chi connectivity index (χ4n) is 3.25. The van der Waals surface area contributed by atoms with Gasteiger partial charge in [-0.3, -0.25) is 9.59 Å². The molecule has 0 aromatic heterocycles. The molecule has 2 aromatic carbocycles. The van der Waals surface area contributed by atoms with E-state index in [4.69, 9.17) is 0 Å². The van der Waals surface area contributed by atoms with E-state index in [9.17, 15) is 19.8 Å². The molecule has 0 bridgehead atoms. The van der Waals surface area contributed by atoms with Gasteiger partial charge in [0.25, 0.3) is 0 Å². The number of Topliss-reactive ketones (excluding diaryl/α,β-unsaturated/α-hetero) is 1. The molecule has 3 rings (SSSR count). The Balaban J connectivity index is 2.18. The van der Waals surface area contributed by atoms with E-state index < -0.39 is 5.92 Å². The van der Waals surface area contributed by atoms with E-state index in [1.54, 1.807) is 24.8 Å². The first-order chi connectivity index (χ1) is 11.9. The minimum Gasteiger partial charge on any atom is -0.504 e. The number of carbonyl (C=O) groups is 2. The van der Waals surface area contributed by atoms with Crippen molar-refractivity contribution in [1.29, 1.82) is 0 Å². The van der Waals surface area contributed by atoms with Gasteiger partial charge >= 0.3 is 0 Å². The Hall–Kier alpha value is -2.82. The number of nitrogens with zero attached hydrogens (tertiary/aromatic N) is 1. The Morgan fingerprint density at radius 2 is 1.76 bits per heavy atom. The topological polar surface area (TPSA) is 77.8 Å². The average molecular weight is 339 g/mol. The van der Waals surface area contributed by atoms with Crippen LogP contribution in [0.2, 0.25) is 0 Å². The molecule has 0 aliphatic carbocycles. The Morgan fingerprint density at radius 3 is 2.44 bits per heavy atom. The summed E-state index contributed by atoms with van der Waals surface area (Å²) in [5.41, 5.74) is 2.22. The van der Waals surface area contributed by atoms with Gasteiger partial charge in [-0.2, -0.15) is 0 Å². The molecule has 2 N–H and O–H groups in total. The molecule has 1 unspecified atom stereocenters. The number of fused-ring (bicyclic) bond motifs is 1. The van der Waals surface area contributed by atoms with Gasteiger partial charge in [-0.15, -0.1) is 0 Å². The number of aryl methyl sites for hydroxylation is 1. The zero-order chi connectivity index (χ0) is 18.1. The second kappa shape index (κ2) is 6.59. The molecule has 1 atom stereocenters. The lowest BCUT2D eigenvalue weighted by atomic mass is 9.88. The number of carbonyl (C=O) groups excluding carboxylic acids is 2. The third-order valence-electron chi connectivity index (χ3n) is 4.76. The zero-order valence-corrected chi connectivity index (χ0v) is 14.3. The first-order valence-electron chi connectivity index (χ1n) is 8.32. The van der Waals surface area contributed by atoms with Crippen molar-refractivity contribution in [3.63, 3.8) is 0 Å². The van der Waals surface area contributed by atoms with Crippen molar-refractivity contribution in [3.05, 3.63) is 53.1 Å². The molecule has 0 spiro atoms. The van der Waals surface area contributed by atoms with E-state index in [0.29, 0.717) is 23.4 Å². The van der Waals surface area contributed by atoms with Gasteiger partial charge in [-0.25, -0.2) is 0 Å². The maximum absolute atomic E-state index is 12.7. The summed E-state index contributed by atoms with van der Waals surface area (Å²) in [4.78, 5) is 26.6. The van der Waals surface area contributed by atoms with E-state index in [1.807, 2.05) is 30.3 Å². The van der Waals surface area contributed by atoms with Gasteiger partial charge in [0.1, 0.15) is 5.78 Å². The summed E-state index contributed by atoms with van der Waals surface area (Å²) in [5.74, 6) is -1.44. The van der Waals surface area contributed by atoms with Crippen LogP contribution in [0.3, 0.4) is 0 Å². The van der Waals surface area contributed by atoms with Crippen LogP contribution in [0.5, 0.6) is 11.5 Å². The number of benzene rings is 2. The highest BCUT2D eigenvalue weighted by Gasteiger charge is 2.32. The molecule has 0 saturated heterocycles. The van der Waals surface area contributed by atoms with E-state index in [2.05, 4.69) is 0 Å². The molecule has 0 radical (unpaired) electrons. The van der Waals surface area contributed by atoms with Crippen LogP contribution in [0.4, 0.5) is 5.69 Å². The van der Waals surface area contributed by atoms with Gasteiger partial charge < -0.3 is 15.1 Å². The maximum Gasteiger partial charge on any atom is 0.227 e. The minimum absolute atomic E-state index is 0.118. The molecule has 5 nitrogen and oxygen atoms in total. The molecule has 1 aliphatic heterocycles. The van der Waals surface area contributed by atoms with Gasteiger partial charge in [0.2, 0.25) is 5.91 Å². The van der Waals surface area contributed by atoms with Crippen LogP contribution in [-0.2, 0) is 16.1 Å². The van der Waals surface area contributed by atoms with Crippen molar-refractivity contribution >= 4 is 17.4 Å². The Kier molecular flexibility index (Phi) is 4.49. The summed E-state index contributed by atoms with van der Waals surface area (Å²) < 4.78 is 0. The van der Waals surface area contributed by atoms with Gasteiger partial charge in [-0.1, -0.05) is 37.3 Å². The maximum atomic E-state index is 12.7. The number of phenols is 2. The summed E-state index contributed by atoms with van der Waals surface area (Å²) in [6.45, 7) is 3.70. The number of ketones is 1. The third kappa shape index (κ3) is 3.09. The van der Waals surface area contributed by atoms with Gasteiger partial charge in [-0.05, 0) is 24.1 Å². The normalized spacial score (nSPS) is 17.8. The molecule has 1 heterocycles. The molecule has 2 aromatic rings. The highest BCUT2D eigenvalue weighted by Crippen LogP contribution is 2.45. The lowest BCUT2D eigenvalue weighted by Gasteiger charge is -2.30. The van der Waals surface area contributed by atoms with Gasteiger partial charge in [0.05, 0.1) is 12.2 Å². The summed E-state index contributed by atoms with van der Waals surface area (Å²) >= 11 is 0. The molecule has 0 fully saturated rings. The molecule has 5 heteroatoms. The van der Waals surface area contributed by atoms with Crippen LogP contribution < -0.4 is 4.90 Å². The first-order valence-corrected chi connectivity index (χ1v) is 8.32. The zero-order valence-electron chi connectivity index (χ0n) is 14.3. The Labute approximate surface area is 146 Å². The standard InChI is InChI=1S/C20H21NO4/c1-12-10-15-18(20(25)19(12)24)13(2)16(22)8-9-17(23)21(15)11-14-6-4-3-5-7-14/h3-7,10,13,24-25H,8-9,11H2,1-2H3. The summed E-state index contributed by atoms with van der Waals surface area (Å²) in [6, 6.07) is 11.2. The van der Waals surface area contributed by atoms with Crippen LogP contribution >= 0.6 is 0 Å². The lowest BCUT2D eigenvalue weighted by Crippen LogP contribution is -2.34. The quantitative estimate of drug-likeness (QED) is 0.822. The number of phenolic OH excluding ortho intramolecular Hbond substituents is 2. The van der Waals surface area contributed by atoms with Crippen molar-refractivity contribution < 1.29 is 19.8 Å². The fraction of sp³-hybridized carbons (Fsp3) is 0.300. The van der Waals surface area contributed by atoms with Crippen molar-refractivity contribution in [2.75, 3.05) is 4.90 Å². The summed E-state index contributed by atoms with van der Waals surface area (Å²) in [5, 5.41) is 20.6. The summed E-state index contributed by atoms with van der Waals surface area (Å²) in [6.07, 6.45) is 0.259. The molecule has 130 valence electrons. The number of rotatable bonds is 2. The monoisotopic (exact) mass is 339 g/mol. The molecule has 25 heavy (non-hydrogen) atoms. The number of anilines is 1. The first kappa shape index (κ1) is 17.0. The van der Waals surface area contributed by atoms with Crippen molar-refractivity contribution in [2.24, 2.45) is 0 Å². The Morgan fingerprint density at radius 1 is 1.08 bits per heavy atom. The largest absolute Gasteiger partial charge is 0.504 e. The SMILES string of the molecule is Cc1cc2c(c(O)c1O)C(C)C(=O)CCC(=O)N2Cc1ccccc1. The van der Waals surface area contributed by atoms with E-state index >= 15 is 0 Å². The number of hydrogen-bond acceptors (Lipinski definition) is 4. The molecule has 1 aliphatic rings. The lowest BCUT2D eigenvalue weighted by molar-refractivity contribution is -0.125. The summed E-state index contributed by atoms with van der Waals surface area (Å²) in [7, 11) is 0. The van der Waals surface area contributed by atoms with Gasteiger partial charge in [0, 0.05) is 24.3 Å². The smallest absolute Gasteiger partial charge is 0.227 e. The second-order valence-corrected chi connectivity index (χ2v) is 6.48. The van der Waals surface area contributed by atoms with Crippen molar-refractivity contribution in [3.8, 4) is 11.5 Å². The average Bonchev–Trinajstić information content (AvgIpc) is 2.61.